The van der Waals surface area contributed by atoms with E-state index in [0.29, 0.717) is 5.56 Å². The van der Waals surface area contributed by atoms with E-state index in [1.54, 1.807) is 42.9 Å². The zero-order valence-corrected chi connectivity index (χ0v) is 7.46. The molecule has 0 bridgehead atoms. The summed E-state index contributed by atoms with van der Waals surface area (Å²) in [6.45, 7) is 0. The Kier molecular flexibility index (Phi) is 8.65. The second-order valence-electron chi connectivity index (χ2n) is 2.46. The minimum Gasteiger partial charge on any atom is -0.473 e. The zero-order valence-electron chi connectivity index (χ0n) is 7.46. The number of benzene rings is 1. The van der Waals surface area contributed by atoms with Gasteiger partial charge in [0.1, 0.15) is 0 Å². The first-order chi connectivity index (χ1) is 6.80. The number of hydrogen-bond acceptors (Lipinski definition) is 2. The van der Waals surface area contributed by atoms with Crippen LogP contribution in [0.2, 0.25) is 0 Å². The standard InChI is InChI=1S/C7H6O2.C4H4O.K.H/c8-7(9)6-4-2-1-3-5-6;1-2-4-5-3-1;;/h1-5H,(H,8,9);1-4H;;. The van der Waals surface area contributed by atoms with E-state index in [-0.39, 0.29) is 51.4 Å². The first-order valence-corrected chi connectivity index (χ1v) is 4.06. The van der Waals surface area contributed by atoms with E-state index in [0.717, 1.165) is 0 Å². The van der Waals surface area contributed by atoms with Crippen molar-refractivity contribution >= 4 is 57.4 Å². The second kappa shape index (κ2) is 8.88. The average molecular weight is 230 g/mol. The van der Waals surface area contributed by atoms with Crippen LogP contribution in [0.15, 0.2) is 59.4 Å². The van der Waals surface area contributed by atoms with Crippen molar-refractivity contribution in [3.63, 3.8) is 0 Å². The Labute approximate surface area is 131 Å². The Balaban J connectivity index is 0.000000280. The number of aromatic carboxylic acids is 1. The molecule has 0 radical (unpaired) electrons. The van der Waals surface area contributed by atoms with E-state index in [4.69, 9.17) is 5.11 Å². The van der Waals surface area contributed by atoms with Crippen LogP contribution in [-0.2, 0) is 0 Å². The van der Waals surface area contributed by atoms with Crippen molar-refractivity contribution in [2.24, 2.45) is 0 Å². The van der Waals surface area contributed by atoms with Gasteiger partial charge in [0.15, 0.2) is 0 Å². The zero-order chi connectivity index (χ0) is 10.2. The van der Waals surface area contributed by atoms with Crippen LogP contribution in [0.5, 0.6) is 0 Å². The summed E-state index contributed by atoms with van der Waals surface area (Å²) in [6.07, 6.45) is 3.25. The molecule has 4 heteroatoms. The molecule has 1 N–H and O–H groups in total. The van der Waals surface area contributed by atoms with Gasteiger partial charge >= 0.3 is 57.4 Å². The molecule has 0 saturated carbocycles. The maximum atomic E-state index is 10.2. The van der Waals surface area contributed by atoms with Crippen LogP contribution < -0.4 is 0 Å². The third-order valence-electron chi connectivity index (χ3n) is 1.45. The summed E-state index contributed by atoms with van der Waals surface area (Å²) in [7, 11) is 0. The molecule has 0 aliphatic rings. The minimum absolute atomic E-state index is 0. The summed E-state index contributed by atoms with van der Waals surface area (Å²) in [5.41, 5.74) is 0.331. The molecule has 2 rings (SSSR count). The van der Waals surface area contributed by atoms with E-state index in [9.17, 15) is 4.79 Å². The van der Waals surface area contributed by atoms with Crippen LogP contribution in [0.3, 0.4) is 0 Å². The molecule has 0 amide bonds. The molecule has 0 spiro atoms. The molecular weight excluding hydrogens is 219 g/mol. The maximum Gasteiger partial charge on any atom is 0.0902 e. The van der Waals surface area contributed by atoms with Crippen LogP contribution in [-0.4, -0.2) is 62.5 Å². The fraction of sp³-hybridized carbons (Fsp3) is 0. The molecule has 1 aromatic carbocycles. The second-order valence-corrected chi connectivity index (χ2v) is 2.46. The largest absolute Gasteiger partial charge is 0.473 e. The van der Waals surface area contributed by atoms with Gasteiger partial charge in [0.25, 0.3) is 0 Å². The van der Waals surface area contributed by atoms with Crippen LogP contribution in [0, 0.1) is 0 Å². The number of carbonyl (C=O) groups is 1. The summed E-state index contributed by atoms with van der Waals surface area (Å²) in [6, 6.07) is 12.0. The van der Waals surface area contributed by atoms with Crippen molar-refractivity contribution in [3.8, 4) is 0 Å². The summed E-state index contributed by atoms with van der Waals surface area (Å²) < 4.78 is 4.58. The number of carboxylic acid groups (broad SMARTS) is 1. The Hall–Kier alpha value is -0.394. The third-order valence-corrected chi connectivity index (χ3v) is 1.45. The first-order valence-electron chi connectivity index (χ1n) is 4.06. The molecule has 0 unspecified atom stereocenters. The molecule has 2 aromatic rings. The fourth-order valence-corrected chi connectivity index (χ4v) is 0.808. The molecule has 0 aliphatic carbocycles. The summed E-state index contributed by atoms with van der Waals surface area (Å²) in [4.78, 5) is 10.2. The number of furan rings is 1. The van der Waals surface area contributed by atoms with E-state index in [1.165, 1.54) is 0 Å². The molecule has 0 saturated heterocycles. The van der Waals surface area contributed by atoms with E-state index in [1.807, 2.05) is 12.1 Å². The summed E-state index contributed by atoms with van der Waals surface area (Å²) >= 11 is 0. The van der Waals surface area contributed by atoms with Gasteiger partial charge in [-0.3, -0.25) is 0 Å². The van der Waals surface area contributed by atoms with E-state index in [2.05, 4.69) is 4.42 Å². The Morgan fingerprint density at radius 2 is 1.53 bits per heavy atom. The SMILES string of the molecule is O=C(O)c1ccccc1.[KH].c1ccoc1. The molecular formula is C11H11KO3. The van der Waals surface area contributed by atoms with Crippen LogP contribution in [0.4, 0.5) is 0 Å². The molecule has 74 valence electrons. The first kappa shape index (κ1) is 14.6. The van der Waals surface area contributed by atoms with Crippen LogP contribution in [0.1, 0.15) is 10.4 Å². The molecule has 15 heavy (non-hydrogen) atoms. The normalized spacial score (nSPS) is 8.00. The van der Waals surface area contributed by atoms with Gasteiger partial charge in [0, 0.05) is 0 Å². The Morgan fingerprint density at radius 1 is 1.00 bits per heavy atom. The monoisotopic (exact) mass is 230 g/mol. The van der Waals surface area contributed by atoms with Gasteiger partial charge in [-0.2, -0.15) is 0 Å². The number of carboxylic acids is 1. The van der Waals surface area contributed by atoms with Gasteiger partial charge in [0.2, 0.25) is 0 Å². The van der Waals surface area contributed by atoms with E-state index >= 15 is 0 Å². The number of rotatable bonds is 1. The predicted molar refractivity (Wildman–Crippen MR) is 59.3 cm³/mol. The van der Waals surface area contributed by atoms with Crippen LogP contribution in [0.25, 0.3) is 0 Å². The van der Waals surface area contributed by atoms with Gasteiger partial charge in [-0.15, -0.1) is 0 Å². The quantitative estimate of drug-likeness (QED) is 0.762. The van der Waals surface area contributed by atoms with Crippen molar-refractivity contribution in [1.29, 1.82) is 0 Å². The van der Waals surface area contributed by atoms with E-state index < -0.39 is 5.97 Å². The van der Waals surface area contributed by atoms with Crippen molar-refractivity contribution in [1.82, 2.24) is 0 Å². The Bertz CT molecular complexity index is 339. The molecule has 0 atom stereocenters. The molecule has 0 fully saturated rings. The topological polar surface area (TPSA) is 50.4 Å². The van der Waals surface area contributed by atoms with Gasteiger partial charge in [-0.05, 0) is 24.3 Å². The average Bonchev–Trinajstić information content (AvgIpc) is 2.77. The van der Waals surface area contributed by atoms with Crippen molar-refractivity contribution in [3.05, 3.63) is 60.6 Å². The van der Waals surface area contributed by atoms with Gasteiger partial charge in [0.05, 0.1) is 18.1 Å². The molecule has 1 aromatic heterocycles. The molecule has 3 nitrogen and oxygen atoms in total. The maximum absolute atomic E-state index is 10.2. The third kappa shape index (κ3) is 6.65. The Morgan fingerprint density at radius 3 is 1.80 bits per heavy atom. The summed E-state index contributed by atoms with van der Waals surface area (Å²) in [5, 5.41) is 8.38. The van der Waals surface area contributed by atoms with Crippen molar-refractivity contribution < 1.29 is 14.3 Å². The fourth-order valence-electron chi connectivity index (χ4n) is 0.808. The van der Waals surface area contributed by atoms with Crippen LogP contribution >= 0.6 is 0 Å². The predicted octanol–water partition coefficient (Wildman–Crippen LogP) is 2.02. The summed E-state index contributed by atoms with van der Waals surface area (Å²) in [5.74, 6) is -0.879. The van der Waals surface area contributed by atoms with Crippen molar-refractivity contribution in [2.45, 2.75) is 0 Å². The smallest absolute Gasteiger partial charge is 0.0902 e. The van der Waals surface area contributed by atoms with Gasteiger partial charge < -0.3 is 9.52 Å². The minimum atomic E-state index is -0.879. The molecule has 0 aliphatic heterocycles. The van der Waals surface area contributed by atoms with Crippen molar-refractivity contribution in [2.75, 3.05) is 0 Å². The number of hydrogen-bond donors (Lipinski definition) is 1. The molecule has 1 heterocycles. The van der Waals surface area contributed by atoms with Gasteiger partial charge in [-0.1, -0.05) is 18.2 Å². The van der Waals surface area contributed by atoms with Gasteiger partial charge in [-0.25, -0.2) is 4.79 Å².